The fourth-order valence-corrected chi connectivity index (χ4v) is 9.43. The molecular formula is C63H119NO5. The van der Waals surface area contributed by atoms with Gasteiger partial charge in [0.2, 0.25) is 5.91 Å². The molecule has 406 valence electrons. The third kappa shape index (κ3) is 55.2. The summed E-state index contributed by atoms with van der Waals surface area (Å²) in [7, 11) is 0. The predicted octanol–water partition coefficient (Wildman–Crippen LogP) is 19.2. The van der Waals surface area contributed by atoms with Crippen LogP contribution in [0.2, 0.25) is 0 Å². The van der Waals surface area contributed by atoms with Crippen LogP contribution in [0.5, 0.6) is 0 Å². The summed E-state index contributed by atoms with van der Waals surface area (Å²) >= 11 is 0. The van der Waals surface area contributed by atoms with Crippen LogP contribution in [0, 0.1) is 0 Å². The van der Waals surface area contributed by atoms with E-state index in [0.29, 0.717) is 25.9 Å². The molecule has 0 radical (unpaired) electrons. The topological polar surface area (TPSA) is 95.9 Å². The zero-order chi connectivity index (χ0) is 50.0. The van der Waals surface area contributed by atoms with Crippen molar-refractivity contribution in [1.82, 2.24) is 5.32 Å². The normalized spacial score (nSPS) is 12.8. The van der Waals surface area contributed by atoms with Gasteiger partial charge < -0.3 is 20.3 Å². The minimum atomic E-state index is -0.676. The van der Waals surface area contributed by atoms with E-state index in [2.05, 4.69) is 55.6 Å². The highest BCUT2D eigenvalue weighted by Crippen LogP contribution is 2.17. The Bertz CT molecular complexity index is 1120. The van der Waals surface area contributed by atoms with Crippen molar-refractivity contribution in [1.29, 1.82) is 0 Å². The van der Waals surface area contributed by atoms with Gasteiger partial charge in [0.05, 0.1) is 25.4 Å². The zero-order valence-corrected chi connectivity index (χ0v) is 46.3. The van der Waals surface area contributed by atoms with Gasteiger partial charge in [0.1, 0.15) is 0 Å². The van der Waals surface area contributed by atoms with Gasteiger partial charge in [-0.25, -0.2) is 0 Å². The molecule has 2 unspecified atom stereocenters. The molecule has 0 fully saturated rings. The average Bonchev–Trinajstić information content (AvgIpc) is 3.35. The maximum atomic E-state index is 12.5. The second-order valence-corrected chi connectivity index (χ2v) is 21.0. The molecule has 0 bridgehead atoms. The Labute approximate surface area is 430 Å². The first-order valence-electron chi connectivity index (χ1n) is 30.7. The van der Waals surface area contributed by atoms with Crippen molar-refractivity contribution in [2.75, 3.05) is 13.2 Å². The van der Waals surface area contributed by atoms with Crippen molar-refractivity contribution in [3.63, 3.8) is 0 Å². The van der Waals surface area contributed by atoms with E-state index in [0.717, 1.165) is 83.5 Å². The zero-order valence-electron chi connectivity index (χ0n) is 46.3. The molecular weight excluding hydrogens is 851 g/mol. The van der Waals surface area contributed by atoms with E-state index >= 15 is 0 Å². The van der Waals surface area contributed by atoms with Crippen molar-refractivity contribution >= 4 is 11.9 Å². The third-order valence-electron chi connectivity index (χ3n) is 14.2. The Morgan fingerprint density at radius 1 is 0.406 bits per heavy atom. The second kappa shape index (κ2) is 58.6. The monoisotopic (exact) mass is 970 g/mol. The lowest BCUT2D eigenvalue weighted by Gasteiger charge is -2.22. The van der Waals surface area contributed by atoms with Crippen LogP contribution in [0.3, 0.4) is 0 Å². The number of nitrogens with one attached hydrogen (secondary N) is 1. The number of ether oxygens (including phenoxy) is 1. The molecule has 0 rings (SSSR count). The van der Waals surface area contributed by atoms with Gasteiger partial charge in [-0.3, -0.25) is 9.59 Å². The van der Waals surface area contributed by atoms with E-state index < -0.39 is 12.1 Å². The molecule has 3 N–H and O–H groups in total. The Kier molecular flexibility index (Phi) is 57.0. The third-order valence-corrected chi connectivity index (χ3v) is 14.2. The summed E-state index contributed by atoms with van der Waals surface area (Å²) in [6.45, 7) is 4.92. The van der Waals surface area contributed by atoms with Gasteiger partial charge in [0.25, 0.3) is 0 Å². The smallest absolute Gasteiger partial charge is 0.305 e. The summed E-state index contributed by atoms with van der Waals surface area (Å²) in [5.74, 6) is -0.0676. The molecule has 0 saturated heterocycles. The largest absolute Gasteiger partial charge is 0.466 e. The maximum Gasteiger partial charge on any atom is 0.305 e. The van der Waals surface area contributed by atoms with E-state index in [1.165, 1.54) is 212 Å². The van der Waals surface area contributed by atoms with Gasteiger partial charge in [-0.1, -0.05) is 262 Å². The van der Waals surface area contributed by atoms with E-state index in [4.69, 9.17) is 4.74 Å². The van der Waals surface area contributed by atoms with Crippen LogP contribution in [0.1, 0.15) is 328 Å². The molecule has 6 heteroatoms. The molecule has 6 nitrogen and oxygen atoms in total. The molecule has 0 aromatic rings. The van der Waals surface area contributed by atoms with Crippen LogP contribution in [-0.4, -0.2) is 47.4 Å². The summed E-state index contributed by atoms with van der Waals surface area (Å²) in [4.78, 5) is 24.6. The molecule has 0 aliphatic carbocycles. The Morgan fingerprint density at radius 2 is 0.725 bits per heavy atom. The maximum absolute atomic E-state index is 12.5. The lowest BCUT2D eigenvalue weighted by atomic mass is 10.0. The number of aliphatic hydroxyl groups is 2. The van der Waals surface area contributed by atoms with Gasteiger partial charge in [0, 0.05) is 12.8 Å². The fraction of sp³-hybridized carbons (Fsp3) is 0.873. The molecule has 2 atom stereocenters. The van der Waals surface area contributed by atoms with Crippen LogP contribution in [-0.2, 0) is 14.3 Å². The minimum Gasteiger partial charge on any atom is -0.466 e. The summed E-state index contributed by atoms with van der Waals surface area (Å²) in [6, 6.07) is -0.554. The molecule has 0 spiro atoms. The first-order chi connectivity index (χ1) is 34.0. The van der Waals surface area contributed by atoms with Gasteiger partial charge in [-0.05, 0) is 89.9 Å². The van der Waals surface area contributed by atoms with Crippen molar-refractivity contribution < 1.29 is 24.5 Å². The number of allylic oxidation sites excluding steroid dienone is 6. The summed E-state index contributed by atoms with van der Waals surface area (Å²) in [6.07, 6.45) is 72.9. The van der Waals surface area contributed by atoms with Gasteiger partial charge >= 0.3 is 5.97 Å². The number of carbonyl (C=O) groups is 2. The average molecular weight is 971 g/mol. The quantitative estimate of drug-likeness (QED) is 0.0321. The van der Waals surface area contributed by atoms with Gasteiger partial charge in [-0.15, -0.1) is 0 Å². The van der Waals surface area contributed by atoms with Crippen LogP contribution < -0.4 is 5.32 Å². The molecule has 0 aromatic carbocycles. The number of rotatable bonds is 57. The number of amides is 1. The van der Waals surface area contributed by atoms with E-state index in [-0.39, 0.29) is 18.5 Å². The van der Waals surface area contributed by atoms with E-state index in [1.807, 2.05) is 0 Å². The molecule has 0 aliphatic rings. The number of hydrogen-bond acceptors (Lipinski definition) is 5. The second-order valence-electron chi connectivity index (χ2n) is 21.0. The molecule has 1 amide bonds. The predicted molar refractivity (Wildman–Crippen MR) is 301 cm³/mol. The van der Waals surface area contributed by atoms with Crippen LogP contribution in [0.4, 0.5) is 0 Å². The highest BCUT2D eigenvalue weighted by molar-refractivity contribution is 5.76. The molecule has 0 saturated carbocycles. The number of esters is 1. The highest BCUT2D eigenvalue weighted by Gasteiger charge is 2.20. The molecule has 0 heterocycles. The first kappa shape index (κ1) is 67.1. The summed E-state index contributed by atoms with van der Waals surface area (Å²) < 4.78 is 5.47. The lowest BCUT2D eigenvalue weighted by molar-refractivity contribution is -0.143. The number of aliphatic hydroxyl groups excluding tert-OH is 2. The van der Waals surface area contributed by atoms with Crippen molar-refractivity contribution in [3.8, 4) is 0 Å². The number of unbranched alkanes of at least 4 members (excludes halogenated alkanes) is 40. The molecule has 0 aromatic heterocycles. The van der Waals surface area contributed by atoms with Gasteiger partial charge in [-0.2, -0.15) is 0 Å². The Balaban J connectivity index is 3.49. The molecule has 69 heavy (non-hydrogen) atoms. The first-order valence-corrected chi connectivity index (χ1v) is 30.7. The van der Waals surface area contributed by atoms with E-state index in [1.54, 1.807) is 0 Å². The molecule has 0 aliphatic heterocycles. The van der Waals surface area contributed by atoms with Crippen LogP contribution >= 0.6 is 0 Å². The SMILES string of the molecule is CCCCCCCCC/C=C\CCCCCCCCCC(=O)OCCCCC/C=C\C/C=C\CCCCCCCCCC(=O)NC(CO)C(O)CCCCCCCCCCCCCCCCCCC. The minimum absolute atomic E-state index is 0.0181. The fourth-order valence-electron chi connectivity index (χ4n) is 9.43. The Morgan fingerprint density at radius 3 is 1.12 bits per heavy atom. The number of carbonyl (C=O) groups excluding carboxylic acids is 2. The van der Waals surface area contributed by atoms with Crippen molar-refractivity contribution in [3.05, 3.63) is 36.5 Å². The van der Waals surface area contributed by atoms with Crippen LogP contribution in [0.25, 0.3) is 0 Å². The highest BCUT2D eigenvalue weighted by atomic mass is 16.5. The van der Waals surface area contributed by atoms with Gasteiger partial charge in [0.15, 0.2) is 0 Å². The standard InChI is InChI=1S/C63H119NO5/c1-3-5-7-9-11-13-15-17-19-21-25-29-33-37-41-45-49-53-57-63(68)69-58-54-50-46-42-38-34-30-26-22-24-28-32-36-40-44-48-52-56-62(67)64-60(59-65)61(66)55-51-47-43-39-35-31-27-23-20-18-16-14-12-10-8-6-4-2/h19,21-22,26,34,38,60-61,65-66H,3-18,20,23-25,27-33,35-37,39-59H2,1-2H3,(H,64,67)/b21-19-,26-22-,38-34-. The Hall–Kier alpha value is -1.92. The lowest BCUT2D eigenvalue weighted by Crippen LogP contribution is -2.45. The summed E-state index contributed by atoms with van der Waals surface area (Å²) in [5.41, 5.74) is 0. The van der Waals surface area contributed by atoms with E-state index in [9.17, 15) is 19.8 Å². The van der Waals surface area contributed by atoms with Crippen molar-refractivity contribution in [2.24, 2.45) is 0 Å². The van der Waals surface area contributed by atoms with Crippen LogP contribution in [0.15, 0.2) is 36.5 Å². The summed E-state index contributed by atoms with van der Waals surface area (Å²) in [5, 5.41) is 23.3. The number of hydrogen-bond donors (Lipinski definition) is 3. The van der Waals surface area contributed by atoms with Crippen molar-refractivity contribution in [2.45, 2.75) is 341 Å².